The largest absolute Gasteiger partial charge is 0.270 e. The lowest BCUT2D eigenvalue weighted by molar-refractivity contribution is -0.112. The molecule has 0 radical (unpaired) electrons. The van der Waals surface area contributed by atoms with Crippen LogP contribution in [0.4, 0.5) is 5.69 Å². The van der Waals surface area contributed by atoms with Crippen molar-refractivity contribution in [1.29, 1.82) is 0 Å². The molecule has 0 aliphatic carbocycles. The van der Waals surface area contributed by atoms with Gasteiger partial charge < -0.3 is 0 Å². The van der Waals surface area contributed by atoms with Crippen molar-refractivity contribution >= 4 is 41.0 Å². The highest BCUT2D eigenvalue weighted by molar-refractivity contribution is 6.16. The first-order chi connectivity index (χ1) is 8.83. The summed E-state index contributed by atoms with van der Waals surface area (Å²) < 4.78 is 0. The first-order valence-electron chi connectivity index (χ1n) is 5.59. The van der Waals surface area contributed by atoms with Crippen LogP contribution in [0.2, 0.25) is 0 Å². The number of carbonyl (C=O) groups excluding carboxylic acids is 1. The van der Waals surface area contributed by atoms with Gasteiger partial charge in [0.25, 0.3) is 5.91 Å². The van der Waals surface area contributed by atoms with Crippen LogP contribution in [-0.4, -0.2) is 18.5 Å². The molecule has 0 unspecified atom stereocenters. The Bertz CT molecular complexity index is 891. The normalized spacial score (nSPS) is 15.2. The monoisotopic (exact) mass is 233 g/mol. The predicted octanol–water partition coefficient (Wildman–Crippen LogP) is 0.872. The molecule has 0 bridgehead atoms. The Morgan fingerprint density at radius 3 is 2.78 bits per heavy atom. The zero-order chi connectivity index (χ0) is 12.1. The quantitative estimate of drug-likeness (QED) is 0.666. The highest BCUT2D eigenvalue weighted by atomic mass is 16.1. The summed E-state index contributed by atoms with van der Waals surface area (Å²) in [4.78, 5) is 23.6. The Hall–Kier alpha value is -2.62. The van der Waals surface area contributed by atoms with E-state index in [1.807, 2.05) is 24.3 Å². The van der Waals surface area contributed by atoms with Crippen molar-refractivity contribution in [2.45, 2.75) is 0 Å². The Morgan fingerprint density at radius 1 is 0.944 bits per heavy atom. The molecule has 4 heteroatoms. The average Bonchev–Trinajstić information content (AvgIpc) is 2.86. The predicted molar refractivity (Wildman–Crippen MR) is 69.9 cm³/mol. The fourth-order valence-electron chi connectivity index (χ4n) is 2.38. The molecule has 0 atom stereocenters. The number of benzene rings is 2. The van der Waals surface area contributed by atoms with E-state index in [1.165, 1.54) is 0 Å². The standard InChI is InChI=1S/C14H7N3O/c18-13-5-8-1-2-10-9(11(8)6-15-13)3-4-12-14(10)17-7-16-12/h1-7H. The number of aliphatic imine (C=N–C) groups is 2. The maximum absolute atomic E-state index is 11.3. The highest BCUT2D eigenvalue weighted by Gasteiger charge is 2.11. The Kier molecular flexibility index (Phi) is 1.67. The van der Waals surface area contributed by atoms with Gasteiger partial charge >= 0.3 is 0 Å². The molecule has 0 aromatic heterocycles. The molecule has 2 aromatic carbocycles. The van der Waals surface area contributed by atoms with Crippen molar-refractivity contribution in [3.05, 3.63) is 40.4 Å². The van der Waals surface area contributed by atoms with Crippen molar-refractivity contribution in [2.24, 2.45) is 15.0 Å². The number of hydrogen-bond donors (Lipinski definition) is 0. The first kappa shape index (κ1) is 9.41. The summed E-state index contributed by atoms with van der Waals surface area (Å²) in [5, 5.41) is 3.88. The van der Waals surface area contributed by atoms with Gasteiger partial charge in [-0.25, -0.2) is 15.0 Å². The zero-order valence-electron chi connectivity index (χ0n) is 9.29. The number of rotatable bonds is 0. The van der Waals surface area contributed by atoms with Gasteiger partial charge in [0.15, 0.2) is 0 Å². The van der Waals surface area contributed by atoms with Gasteiger partial charge in [-0.1, -0.05) is 18.2 Å². The van der Waals surface area contributed by atoms with E-state index in [1.54, 1.807) is 18.6 Å². The summed E-state index contributed by atoms with van der Waals surface area (Å²) in [5.41, 5.74) is 1.86. The van der Waals surface area contributed by atoms with Gasteiger partial charge in [0.1, 0.15) is 6.34 Å². The van der Waals surface area contributed by atoms with E-state index in [0.29, 0.717) is 0 Å². The Labute approximate surface area is 102 Å². The lowest BCUT2D eigenvalue weighted by Crippen LogP contribution is -2.16. The van der Waals surface area contributed by atoms with E-state index in [2.05, 4.69) is 15.0 Å². The lowest BCUT2D eigenvalue weighted by Gasteiger charge is -2.07. The van der Waals surface area contributed by atoms with Crippen LogP contribution >= 0.6 is 0 Å². The lowest BCUT2D eigenvalue weighted by atomic mass is 10.00. The van der Waals surface area contributed by atoms with Crippen LogP contribution in [0.5, 0.6) is 0 Å². The smallest absolute Gasteiger partial charge is 0.267 e. The third-order valence-electron chi connectivity index (χ3n) is 3.21. The molecule has 84 valence electrons. The zero-order valence-corrected chi connectivity index (χ0v) is 9.29. The molecule has 4 rings (SSSR count). The molecule has 2 heterocycles. The second-order valence-electron chi connectivity index (χ2n) is 4.21. The fraction of sp³-hybridized carbons (Fsp3) is 0. The molecular weight excluding hydrogens is 226 g/mol. The van der Waals surface area contributed by atoms with Gasteiger partial charge in [-0.2, -0.15) is 0 Å². The second kappa shape index (κ2) is 3.20. The van der Waals surface area contributed by atoms with Crippen molar-refractivity contribution < 1.29 is 4.79 Å². The third-order valence-corrected chi connectivity index (χ3v) is 3.21. The van der Waals surface area contributed by atoms with Crippen LogP contribution in [0.15, 0.2) is 39.2 Å². The molecule has 0 saturated carbocycles. The highest BCUT2D eigenvalue weighted by Crippen LogP contribution is 2.24. The molecule has 2 aromatic rings. The number of carbonyl (C=O) groups is 1. The third kappa shape index (κ3) is 1.14. The fourth-order valence-corrected chi connectivity index (χ4v) is 2.38. The van der Waals surface area contributed by atoms with Gasteiger partial charge in [0.2, 0.25) is 0 Å². The number of amides is 1. The number of fused-ring (bicyclic) bond motifs is 5. The summed E-state index contributed by atoms with van der Waals surface area (Å²) in [7, 11) is 0. The Balaban J connectivity index is 2.22. The van der Waals surface area contributed by atoms with Crippen molar-refractivity contribution in [1.82, 2.24) is 0 Å². The van der Waals surface area contributed by atoms with Crippen molar-refractivity contribution in [2.75, 3.05) is 0 Å². The molecule has 1 amide bonds. The molecule has 0 N–H and O–H groups in total. The molecule has 0 saturated heterocycles. The van der Waals surface area contributed by atoms with Gasteiger partial charge in [-0.15, -0.1) is 0 Å². The summed E-state index contributed by atoms with van der Waals surface area (Å²) in [5.74, 6) is -0.212. The van der Waals surface area contributed by atoms with E-state index in [0.717, 1.165) is 32.6 Å². The van der Waals surface area contributed by atoms with Gasteiger partial charge in [0, 0.05) is 23.2 Å². The molecule has 2 aliphatic rings. The summed E-state index contributed by atoms with van der Waals surface area (Å²) in [6, 6.07) is 7.85. The second-order valence-corrected chi connectivity index (χ2v) is 4.21. The van der Waals surface area contributed by atoms with Crippen LogP contribution in [0.25, 0.3) is 16.8 Å². The van der Waals surface area contributed by atoms with Crippen LogP contribution < -0.4 is 10.6 Å². The van der Waals surface area contributed by atoms with E-state index in [4.69, 9.17) is 0 Å². The molecular formula is C14H7N3O. The minimum absolute atomic E-state index is 0.212. The van der Waals surface area contributed by atoms with Gasteiger partial charge in [-0.05, 0) is 16.7 Å². The van der Waals surface area contributed by atoms with Crippen LogP contribution in [0.3, 0.4) is 0 Å². The van der Waals surface area contributed by atoms with E-state index < -0.39 is 0 Å². The maximum Gasteiger partial charge on any atom is 0.270 e. The van der Waals surface area contributed by atoms with Gasteiger partial charge in [-0.3, -0.25) is 4.79 Å². The summed E-state index contributed by atoms with van der Waals surface area (Å²) in [6.07, 6.45) is 4.74. The van der Waals surface area contributed by atoms with Crippen molar-refractivity contribution in [3.8, 4) is 0 Å². The molecule has 0 fully saturated rings. The van der Waals surface area contributed by atoms with E-state index in [9.17, 15) is 4.79 Å². The van der Waals surface area contributed by atoms with Gasteiger partial charge in [0.05, 0.1) is 11.0 Å². The summed E-state index contributed by atoms with van der Waals surface area (Å²) in [6.45, 7) is 0. The summed E-state index contributed by atoms with van der Waals surface area (Å²) >= 11 is 0. The van der Waals surface area contributed by atoms with Crippen LogP contribution in [-0.2, 0) is 4.79 Å². The minimum Gasteiger partial charge on any atom is -0.267 e. The molecule has 18 heavy (non-hydrogen) atoms. The van der Waals surface area contributed by atoms with Crippen molar-refractivity contribution in [3.63, 3.8) is 0 Å². The Morgan fingerprint density at radius 2 is 1.83 bits per heavy atom. The number of hydrogen-bond acceptors (Lipinski definition) is 3. The topological polar surface area (TPSA) is 54.1 Å². The SMILES string of the molecule is O=C1C=c2ccc3c4c(ccc3c2C=N1)=NC=N4. The van der Waals surface area contributed by atoms with E-state index in [-0.39, 0.29) is 5.91 Å². The number of nitrogens with zero attached hydrogens (tertiary/aromatic N) is 3. The van der Waals surface area contributed by atoms with E-state index >= 15 is 0 Å². The minimum atomic E-state index is -0.212. The first-order valence-corrected chi connectivity index (χ1v) is 5.59. The molecule has 4 nitrogen and oxygen atoms in total. The molecule has 0 spiro atoms. The average molecular weight is 233 g/mol. The maximum atomic E-state index is 11.3. The molecule has 2 aliphatic heterocycles. The van der Waals surface area contributed by atoms with Crippen LogP contribution in [0.1, 0.15) is 5.56 Å². The van der Waals surface area contributed by atoms with Crippen LogP contribution in [0, 0.1) is 0 Å².